The van der Waals surface area contributed by atoms with Gasteiger partial charge in [-0.1, -0.05) is 60.7 Å². The first-order valence-electron chi connectivity index (χ1n) is 10.00. The maximum atomic E-state index is 12.8. The average molecular weight is 518 g/mol. The Morgan fingerprint density at radius 1 is 0.595 bits per heavy atom. The number of hydrogen-bond donors (Lipinski definition) is 0. The van der Waals surface area contributed by atoms with E-state index in [1.54, 1.807) is 0 Å². The van der Waals surface area contributed by atoms with Crippen LogP contribution in [-0.2, 0) is 0 Å². The quantitative estimate of drug-likeness (QED) is 0.198. The smallest absolute Gasteiger partial charge is 0.263 e. The van der Waals surface area contributed by atoms with Gasteiger partial charge in [-0.05, 0) is 11.1 Å². The summed E-state index contributed by atoms with van der Waals surface area (Å²) >= 11 is 0. The Morgan fingerprint density at radius 3 is 1.30 bits per heavy atom. The highest BCUT2D eigenvalue weighted by Crippen LogP contribution is 2.55. The van der Waals surface area contributed by atoms with Crippen molar-refractivity contribution in [3.63, 3.8) is 0 Å². The maximum absolute atomic E-state index is 12.8. The Hall–Kier alpha value is -5.42. The molecule has 2 aromatic rings. The van der Waals surface area contributed by atoms with E-state index in [2.05, 4.69) is 0 Å². The Morgan fingerprint density at radius 2 is 1.00 bits per heavy atom. The van der Waals surface area contributed by atoms with Crippen LogP contribution >= 0.6 is 0 Å². The van der Waals surface area contributed by atoms with E-state index in [9.17, 15) is 60.7 Å². The molecule has 0 spiro atoms. The summed E-state index contributed by atoms with van der Waals surface area (Å²) in [6, 6.07) is 9.42. The zero-order valence-electron chi connectivity index (χ0n) is 18.2. The molecule has 2 unspecified atom stereocenters. The van der Waals surface area contributed by atoms with Gasteiger partial charge in [0.1, 0.15) is 19.7 Å². The highest BCUT2D eigenvalue weighted by atomic mass is 16.7. The van der Waals surface area contributed by atoms with Crippen LogP contribution in [0, 0.1) is 60.7 Å². The normalized spacial score (nSPS) is 21.6. The molecule has 18 nitrogen and oxygen atoms in total. The van der Waals surface area contributed by atoms with E-state index in [1.807, 2.05) is 0 Å². The van der Waals surface area contributed by atoms with Crippen molar-refractivity contribution in [3.05, 3.63) is 145 Å². The molecular weight excluding hydrogens is 504 g/mol. The molecule has 0 heterocycles. The van der Waals surface area contributed by atoms with Crippen molar-refractivity contribution in [1.29, 1.82) is 0 Å². The first-order valence-corrected chi connectivity index (χ1v) is 10.00. The summed E-state index contributed by atoms with van der Waals surface area (Å²) in [4.78, 5) is 62.4. The van der Waals surface area contributed by atoms with E-state index < -0.39 is 58.4 Å². The Bertz CT molecular complexity index is 1270. The molecule has 0 saturated heterocycles. The third-order valence-electron chi connectivity index (χ3n) is 6.34. The van der Waals surface area contributed by atoms with E-state index in [0.29, 0.717) is 0 Å². The van der Waals surface area contributed by atoms with Gasteiger partial charge in [-0.3, -0.25) is 60.7 Å². The van der Waals surface area contributed by atoms with Gasteiger partial charge in [0.25, 0.3) is 0 Å². The van der Waals surface area contributed by atoms with Crippen molar-refractivity contribution in [2.45, 2.75) is 28.8 Å². The number of hydrogen-bond acceptors (Lipinski definition) is 12. The van der Waals surface area contributed by atoms with Crippen LogP contribution in [0.25, 0.3) is 0 Å². The van der Waals surface area contributed by atoms with E-state index in [0.717, 1.165) is 0 Å². The fourth-order valence-corrected chi connectivity index (χ4v) is 4.95. The molecule has 0 bridgehead atoms. The molecule has 1 aliphatic rings. The van der Waals surface area contributed by atoms with Gasteiger partial charge in [0, 0.05) is 22.0 Å². The lowest BCUT2D eigenvalue weighted by Gasteiger charge is -2.38. The van der Waals surface area contributed by atoms with Crippen LogP contribution in [0.2, 0.25) is 0 Å². The molecule has 0 fully saturated rings. The molecule has 37 heavy (non-hydrogen) atoms. The van der Waals surface area contributed by atoms with Crippen LogP contribution in [0.3, 0.4) is 0 Å². The minimum Gasteiger partial charge on any atom is -0.263 e. The minimum absolute atomic E-state index is 0.0680. The van der Waals surface area contributed by atoms with Crippen LogP contribution in [0.5, 0.6) is 0 Å². The van der Waals surface area contributed by atoms with Crippen LogP contribution in [0.1, 0.15) is 17.0 Å². The van der Waals surface area contributed by atoms with Gasteiger partial charge in [-0.2, -0.15) is 0 Å². The summed E-state index contributed by atoms with van der Waals surface area (Å²) in [7, 11) is 0. The van der Waals surface area contributed by atoms with Gasteiger partial charge in [0.15, 0.2) is 0 Å². The molecule has 0 N–H and O–H groups in total. The average Bonchev–Trinajstić information content (AvgIpc) is 2.83. The predicted octanol–water partition coefficient (Wildman–Crippen LogP) is 1.55. The highest BCUT2D eigenvalue weighted by molar-refractivity contribution is 5.42. The SMILES string of the molecule is O=[N+]([O-])C1C=CC(C(c2ccccc2)c2ccccc2)([N+](=O)[O-])C([N+](=O)[O-])([N+](=O)[O-])C1([N+](=O)[O-])[N+](=O)[O-]. The highest BCUT2D eigenvalue weighted by Gasteiger charge is 3.10. The molecule has 0 saturated carbocycles. The molecule has 1 aliphatic carbocycles. The van der Waals surface area contributed by atoms with Crippen molar-refractivity contribution in [2.75, 3.05) is 0 Å². The van der Waals surface area contributed by atoms with Crippen molar-refractivity contribution in [2.24, 2.45) is 0 Å². The lowest BCUT2D eigenvalue weighted by atomic mass is 9.60. The fourth-order valence-electron chi connectivity index (χ4n) is 4.95. The number of rotatable bonds is 9. The van der Waals surface area contributed by atoms with Gasteiger partial charge < -0.3 is 0 Å². The van der Waals surface area contributed by atoms with Crippen LogP contribution in [0.15, 0.2) is 72.8 Å². The van der Waals surface area contributed by atoms with Crippen molar-refractivity contribution in [3.8, 4) is 0 Å². The molecule has 2 atom stereocenters. The lowest BCUT2D eigenvalue weighted by molar-refractivity contribution is -0.976. The van der Waals surface area contributed by atoms with Crippen LogP contribution in [0.4, 0.5) is 0 Å². The molecule has 0 amide bonds. The van der Waals surface area contributed by atoms with Gasteiger partial charge in [-0.15, -0.1) is 0 Å². The third-order valence-corrected chi connectivity index (χ3v) is 6.34. The number of nitro groups is 6. The van der Waals surface area contributed by atoms with E-state index in [-0.39, 0.29) is 23.3 Å². The molecular formula is C19H14N6O12. The summed E-state index contributed by atoms with van der Waals surface area (Å²) in [5, 5.41) is 74.3. The zero-order chi connectivity index (χ0) is 27.8. The summed E-state index contributed by atoms with van der Waals surface area (Å²) < 4.78 is 0. The summed E-state index contributed by atoms with van der Waals surface area (Å²) in [5.74, 6) is -2.14. The summed E-state index contributed by atoms with van der Waals surface area (Å²) in [6.07, 6.45) is 0.195. The monoisotopic (exact) mass is 518 g/mol. The molecule has 0 aromatic heterocycles. The van der Waals surface area contributed by atoms with E-state index in [4.69, 9.17) is 0 Å². The van der Waals surface area contributed by atoms with Gasteiger partial charge in [0.2, 0.25) is 0 Å². The zero-order valence-corrected chi connectivity index (χ0v) is 18.2. The Labute approximate surface area is 203 Å². The molecule has 3 rings (SSSR count). The molecule has 2 aromatic carbocycles. The van der Waals surface area contributed by atoms with Crippen molar-refractivity contribution < 1.29 is 29.5 Å². The van der Waals surface area contributed by atoms with Gasteiger partial charge in [-0.25, -0.2) is 0 Å². The number of nitrogens with zero attached hydrogens (tertiary/aromatic N) is 6. The topological polar surface area (TPSA) is 259 Å². The maximum Gasteiger partial charge on any atom is 0.675 e. The largest absolute Gasteiger partial charge is 0.675 e. The fraction of sp³-hybridized carbons (Fsp3) is 0.263. The van der Waals surface area contributed by atoms with Crippen LogP contribution < -0.4 is 0 Å². The second-order valence-corrected chi connectivity index (χ2v) is 7.85. The van der Waals surface area contributed by atoms with Crippen LogP contribution in [-0.4, -0.2) is 52.4 Å². The summed E-state index contributed by atoms with van der Waals surface area (Å²) in [6.45, 7) is 0. The van der Waals surface area contributed by atoms with E-state index in [1.165, 1.54) is 60.7 Å². The standard InChI is InChI=1S/C19H14N6O12/c26-20(27)15-11-12-17(21(28)29,16(13-7-3-1-4-8-13)14-9-5-2-6-10-14)19(24(34)35,25(36)37)18(15,22(30)31)23(32)33/h1-12,15-16H. The van der Waals surface area contributed by atoms with Crippen molar-refractivity contribution in [1.82, 2.24) is 0 Å². The first kappa shape index (κ1) is 26.2. The molecule has 0 radical (unpaired) electrons. The predicted molar refractivity (Wildman–Crippen MR) is 118 cm³/mol. The first-order chi connectivity index (χ1) is 17.3. The van der Waals surface area contributed by atoms with Crippen molar-refractivity contribution >= 4 is 0 Å². The second-order valence-electron chi connectivity index (χ2n) is 7.85. The summed E-state index contributed by atoms with van der Waals surface area (Å²) in [5.41, 5.74) is -14.3. The number of benzene rings is 2. The van der Waals surface area contributed by atoms with Gasteiger partial charge in [0.05, 0.1) is 5.92 Å². The third kappa shape index (κ3) is 3.18. The molecule has 192 valence electrons. The lowest BCUT2D eigenvalue weighted by Crippen LogP contribution is -2.87. The Balaban J connectivity index is 2.74. The molecule has 0 aliphatic heterocycles. The Kier molecular flexibility index (Phi) is 6.36. The molecule has 18 heteroatoms. The van der Waals surface area contributed by atoms with Gasteiger partial charge >= 0.3 is 22.9 Å². The minimum atomic E-state index is -5.03. The van der Waals surface area contributed by atoms with E-state index >= 15 is 0 Å². The second kappa shape index (κ2) is 8.98.